The van der Waals surface area contributed by atoms with E-state index in [2.05, 4.69) is 56.1 Å². The number of nitrogens with one attached hydrogen (secondary N) is 1. The Morgan fingerprint density at radius 2 is 2.00 bits per heavy atom. The molecule has 2 N–H and O–H groups in total. The number of methoxy groups -OCH3 is 1. The molecule has 1 saturated heterocycles. The molecule has 0 radical (unpaired) electrons. The Morgan fingerprint density at radius 1 is 1.23 bits per heavy atom. The molecular formula is C26H42N2O2. The topological polar surface area (TPSA) is 44.7 Å². The maximum absolute atomic E-state index is 12.6. The van der Waals surface area contributed by atoms with E-state index in [1.54, 1.807) is 7.11 Å². The number of piperidine rings is 1. The van der Waals surface area contributed by atoms with Crippen LogP contribution in [0.2, 0.25) is 0 Å². The molecule has 2 saturated carbocycles. The van der Waals surface area contributed by atoms with Gasteiger partial charge in [-0.15, -0.1) is 0 Å². The lowest BCUT2D eigenvalue weighted by Gasteiger charge is -2.62. The van der Waals surface area contributed by atoms with Gasteiger partial charge in [0.1, 0.15) is 5.75 Å². The zero-order valence-corrected chi connectivity index (χ0v) is 19.7. The largest absolute Gasteiger partial charge is 0.497 e. The van der Waals surface area contributed by atoms with Crippen molar-refractivity contribution in [2.75, 3.05) is 26.7 Å². The molecule has 1 heterocycles. The van der Waals surface area contributed by atoms with Gasteiger partial charge in [0.15, 0.2) is 0 Å². The summed E-state index contributed by atoms with van der Waals surface area (Å²) >= 11 is 0. The summed E-state index contributed by atoms with van der Waals surface area (Å²) in [7, 11) is 1.74. The van der Waals surface area contributed by atoms with E-state index >= 15 is 0 Å². The summed E-state index contributed by atoms with van der Waals surface area (Å²) in [6, 6.07) is 7.00. The molecule has 4 heteroatoms. The number of ether oxygens (including phenoxy) is 1. The van der Waals surface area contributed by atoms with Crippen LogP contribution in [-0.4, -0.2) is 54.4 Å². The second kappa shape index (κ2) is 8.44. The average molecular weight is 415 g/mol. The molecule has 3 fully saturated rings. The molecule has 3 aliphatic rings. The first-order valence-corrected chi connectivity index (χ1v) is 12.1. The van der Waals surface area contributed by atoms with Crippen molar-refractivity contribution >= 4 is 0 Å². The lowest BCUT2D eigenvalue weighted by Crippen LogP contribution is -2.71. The first kappa shape index (κ1) is 22.1. The third-order valence-corrected chi connectivity index (χ3v) is 8.34. The van der Waals surface area contributed by atoms with Gasteiger partial charge >= 0.3 is 0 Å². The molecular weight excluding hydrogens is 372 g/mol. The Balaban J connectivity index is 1.70. The number of hydrogen-bond acceptors (Lipinski definition) is 4. The smallest absolute Gasteiger partial charge is 0.119 e. The van der Waals surface area contributed by atoms with Gasteiger partial charge in [-0.3, -0.25) is 4.90 Å². The Kier molecular flexibility index (Phi) is 6.22. The van der Waals surface area contributed by atoms with Gasteiger partial charge in [-0.05, 0) is 101 Å². The summed E-state index contributed by atoms with van der Waals surface area (Å²) in [5.41, 5.74) is 1.67. The highest BCUT2D eigenvalue weighted by Crippen LogP contribution is 2.55. The van der Waals surface area contributed by atoms with Gasteiger partial charge in [0.2, 0.25) is 0 Å². The number of likely N-dealkylation sites (tertiary alicyclic amines) is 1. The van der Waals surface area contributed by atoms with Crippen molar-refractivity contribution in [2.24, 2.45) is 11.8 Å². The molecule has 0 amide bonds. The number of aryl methyl sites for hydroxylation is 1. The lowest BCUT2D eigenvalue weighted by molar-refractivity contribution is -0.160. The molecule has 30 heavy (non-hydrogen) atoms. The normalized spacial score (nSPS) is 34.8. The second-order valence-corrected chi connectivity index (χ2v) is 10.8. The summed E-state index contributed by atoms with van der Waals surface area (Å²) in [5.74, 6) is 2.38. The van der Waals surface area contributed by atoms with Gasteiger partial charge in [-0.25, -0.2) is 0 Å². The van der Waals surface area contributed by atoms with Crippen LogP contribution in [0, 0.1) is 18.8 Å². The van der Waals surface area contributed by atoms with Crippen LogP contribution in [0.4, 0.5) is 0 Å². The Bertz CT molecular complexity index is 747. The highest BCUT2D eigenvalue weighted by Gasteiger charge is 2.61. The van der Waals surface area contributed by atoms with Gasteiger partial charge in [0.25, 0.3) is 0 Å². The van der Waals surface area contributed by atoms with Crippen LogP contribution in [0.3, 0.4) is 0 Å². The minimum absolute atomic E-state index is 0.168. The number of nitrogens with zero attached hydrogens (tertiary/aromatic N) is 1. The highest BCUT2D eigenvalue weighted by molar-refractivity contribution is 5.44. The summed E-state index contributed by atoms with van der Waals surface area (Å²) in [6.07, 6.45) is 6.75. The fourth-order valence-corrected chi connectivity index (χ4v) is 6.26. The van der Waals surface area contributed by atoms with E-state index in [1.807, 2.05) is 0 Å². The van der Waals surface area contributed by atoms with E-state index in [-0.39, 0.29) is 11.5 Å². The van der Waals surface area contributed by atoms with E-state index in [9.17, 15) is 5.11 Å². The molecule has 2 aliphatic carbocycles. The molecule has 1 aromatic carbocycles. The second-order valence-electron chi connectivity index (χ2n) is 10.8. The SMILES string of the molecule is COc1ccc(C)c(C23CCC(NCC(C)C)CC2(O)C(C)N(CC2CC2)CC3)c1. The molecule has 0 spiro atoms. The van der Waals surface area contributed by atoms with E-state index in [4.69, 9.17) is 4.74 Å². The van der Waals surface area contributed by atoms with Gasteiger partial charge < -0.3 is 15.2 Å². The molecule has 0 aromatic heterocycles. The molecule has 4 unspecified atom stereocenters. The Labute approximate surface area is 183 Å². The lowest BCUT2D eigenvalue weighted by atomic mass is 9.52. The zero-order valence-electron chi connectivity index (χ0n) is 19.7. The molecule has 1 aromatic rings. The van der Waals surface area contributed by atoms with E-state index in [0.717, 1.165) is 57.0 Å². The number of benzene rings is 1. The van der Waals surface area contributed by atoms with Crippen LogP contribution >= 0.6 is 0 Å². The quantitative estimate of drug-likeness (QED) is 0.699. The molecule has 168 valence electrons. The Morgan fingerprint density at radius 3 is 2.67 bits per heavy atom. The summed E-state index contributed by atoms with van der Waals surface area (Å²) in [4.78, 5) is 2.59. The predicted octanol–water partition coefficient (Wildman–Crippen LogP) is 4.27. The molecule has 4 atom stereocenters. The minimum atomic E-state index is -0.732. The van der Waals surface area contributed by atoms with Gasteiger partial charge in [-0.2, -0.15) is 0 Å². The summed E-state index contributed by atoms with van der Waals surface area (Å²) in [5, 5.41) is 16.3. The highest BCUT2D eigenvalue weighted by atomic mass is 16.5. The minimum Gasteiger partial charge on any atom is -0.497 e. The fraction of sp³-hybridized carbons (Fsp3) is 0.769. The van der Waals surface area contributed by atoms with Gasteiger partial charge in [0.05, 0.1) is 12.7 Å². The van der Waals surface area contributed by atoms with Crippen LogP contribution < -0.4 is 10.1 Å². The number of hydrogen-bond donors (Lipinski definition) is 2. The van der Waals surface area contributed by atoms with E-state index < -0.39 is 5.60 Å². The first-order chi connectivity index (χ1) is 14.3. The Hall–Kier alpha value is -1.10. The number of aliphatic hydroxyl groups is 1. The predicted molar refractivity (Wildman–Crippen MR) is 123 cm³/mol. The van der Waals surface area contributed by atoms with Crippen molar-refractivity contribution in [3.05, 3.63) is 29.3 Å². The van der Waals surface area contributed by atoms with Crippen molar-refractivity contribution in [1.82, 2.24) is 10.2 Å². The van der Waals surface area contributed by atoms with Crippen LogP contribution in [-0.2, 0) is 5.41 Å². The maximum atomic E-state index is 12.6. The van der Waals surface area contributed by atoms with Crippen molar-refractivity contribution < 1.29 is 9.84 Å². The van der Waals surface area contributed by atoms with Crippen molar-refractivity contribution in [2.45, 2.75) is 89.3 Å². The van der Waals surface area contributed by atoms with E-state index in [0.29, 0.717) is 12.0 Å². The van der Waals surface area contributed by atoms with Gasteiger partial charge in [0, 0.05) is 24.0 Å². The molecule has 0 bridgehead atoms. The van der Waals surface area contributed by atoms with Crippen molar-refractivity contribution in [3.63, 3.8) is 0 Å². The van der Waals surface area contributed by atoms with Crippen LogP contribution in [0.1, 0.15) is 70.4 Å². The van der Waals surface area contributed by atoms with E-state index in [1.165, 1.54) is 24.0 Å². The standard InChI is InChI=1S/C26H42N2O2/c1-18(2)16-27-22-10-11-25(24-14-23(30-5)9-6-19(24)3)12-13-28(17-21-7-8-21)20(4)26(25,29)15-22/h6,9,14,18,20-22,27,29H,7-8,10-13,15-17H2,1-5H3. The summed E-state index contributed by atoms with van der Waals surface area (Å²) < 4.78 is 5.60. The number of rotatable bonds is 7. The molecule has 1 aliphatic heterocycles. The third kappa shape index (κ3) is 3.91. The zero-order chi connectivity index (χ0) is 21.5. The monoisotopic (exact) mass is 414 g/mol. The molecule has 4 nitrogen and oxygen atoms in total. The molecule has 4 rings (SSSR count). The fourth-order valence-electron chi connectivity index (χ4n) is 6.26. The average Bonchev–Trinajstić information content (AvgIpc) is 3.54. The third-order valence-electron chi connectivity index (χ3n) is 8.34. The number of fused-ring (bicyclic) bond motifs is 1. The van der Waals surface area contributed by atoms with Crippen LogP contribution in [0.5, 0.6) is 5.75 Å². The van der Waals surface area contributed by atoms with Crippen LogP contribution in [0.15, 0.2) is 18.2 Å². The summed E-state index contributed by atoms with van der Waals surface area (Å²) in [6.45, 7) is 12.3. The van der Waals surface area contributed by atoms with Crippen molar-refractivity contribution in [3.8, 4) is 5.75 Å². The maximum Gasteiger partial charge on any atom is 0.119 e. The van der Waals surface area contributed by atoms with Crippen LogP contribution in [0.25, 0.3) is 0 Å². The van der Waals surface area contributed by atoms with Gasteiger partial charge in [-0.1, -0.05) is 19.9 Å². The van der Waals surface area contributed by atoms with Crippen molar-refractivity contribution in [1.29, 1.82) is 0 Å². The first-order valence-electron chi connectivity index (χ1n) is 12.1.